The molecule has 2 aliphatic carbocycles. The number of aromatic nitrogens is 2. The van der Waals surface area contributed by atoms with Crippen molar-refractivity contribution in [2.24, 2.45) is 23.5 Å². The van der Waals surface area contributed by atoms with Gasteiger partial charge in [0.2, 0.25) is 5.91 Å². The Labute approximate surface area is 154 Å². The third kappa shape index (κ3) is 3.39. The first-order chi connectivity index (χ1) is 10.7. The SMILES string of the molecule is Cl.Cl.NC1C2CCC(C2)C1C(=O)NCCc1cn2ccccc2n1. The zero-order valence-electron chi connectivity index (χ0n) is 13.4. The summed E-state index contributed by atoms with van der Waals surface area (Å²) in [6.07, 6.45) is 8.28. The van der Waals surface area contributed by atoms with Crippen molar-refractivity contribution in [2.45, 2.75) is 31.7 Å². The van der Waals surface area contributed by atoms with Gasteiger partial charge in [0, 0.05) is 31.4 Å². The first kappa shape index (κ1) is 19.0. The highest BCUT2D eigenvalue weighted by atomic mass is 35.5. The minimum absolute atomic E-state index is 0. The lowest BCUT2D eigenvalue weighted by Crippen LogP contribution is -2.45. The van der Waals surface area contributed by atoms with Gasteiger partial charge in [-0.05, 0) is 43.2 Å². The highest BCUT2D eigenvalue weighted by Gasteiger charge is 2.48. The third-order valence-corrected chi connectivity index (χ3v) is 5.38. The van der Waals surface area contributed by atoms with Gasteiger partial charge in [-0.25, -0.2) is 4.98 Å². The largest absolute Gasteiger partial charge is 0.355 e. The minimum atomic E-state index is 0. The molecule has 4 rings (SSSR count). The van der Waals surface area contributed by atoms with Gasteiger partial charge in [-0.2, -0.15) is 0 Å². The molecule has 0 radical (unpaired) electrons. The number of amides is 1. The highest BCUT2D eigenvalue weighted by molar-refractivity contribution is 5.85. The molecule has 2 bridgehead atoms. The fraction of sp³-hybridized carbons (Fsp3) is 0.529. The average Bonchev–Trinajstić information content (AvgIpc) is 3.19. The summed E-state index contributed by atoms with van der Waals surface area (Å²) in [5, 5.41) is 3.06. The number of hydrogen-bond acceptors (Lipinski definition) is 3. The van der Waals surface area contributed by atoms with Crippen molar-refractivity contribution in [3.8, 4) is 0 Å². The second kappa shape index (κ2) is 7.72. The van der Waals surface area contributed by atoms with E-state index in [-0.39, 0.29) is 42.7 Å². The van der Waals surface area contributed by atoms with Gasteiger partial charge in [-0.1, -0.05) is 6.07 Å². The van der Waals surface area contributed by atoms with Gasteiger partial charge in [0.1, 0.15) is 5.65 Å². The Morgan fingerprint density at radius 1 is 1.29 bits per heavy atom. The van der Waals surface area contributed by atoms with E-state index in [4.69, 9.17) is 5.73 Å². The number of carbonyl (C=O) groups excluding carboxylic acids is 1. The van der Waals surface area contributed by atoms with Gasteiger partial charge in [0.25, 0.3) is 0 Å². The van der Waals surface area contributed by atoms with Crippen LogP contribution in [0.3, 0.4) is 0 Å². The molecule has 4 unspecified atom stereocenters. The summed E-state index contributed by atoms with van der Waals surface area (Å²) in [4.78, 5) is 16.9. The van der Waals surface area contributed by atoms with Crippen LogP contribution in [0.4, 0.5) is 0 Å². The molecule has 2 aromatic heterocycles. The summed E-state index contributed by atoms with van der Waals surface area (Å²) in [6, 6.07) is 6.01. The molecule has 24 heavy (non-hydrogen) atoms. The van der Waals surface area contributed by atoms with Crippen molar-refractivity contribution in [3.05, 3.63) is 36.3 Å². The maximum absolute atomic E-state index is 12.4. The molecule has 4 atom stereocenters. The van der Waals surface area contributed by atoms with E-state index in [2.05, 4.69) is 10.3 Å². The number of pyridine rings is 1. The Morgan fingerprint density at radius 3 is 2.79 bits per heavy atom. The number of halogens is 2. The van der Waals surface area contributed by atoms with Crippen LogP contribution >= 0.6 is 24.8 Å². The zero-order chi connectivity index (χ0) is 15.1. The Kier molecular flexibility index (Phi) is 6.12. The molecule has 1 amide bonds. The topological polar surface area (TPSA) is 72.4 Å². The molecule has 5 nitrogen and oxygen atoms in total. The standard InChI is InChI=1S/C17H22N4O.2ClH/c18-16-12-5-4-11(9-12)15(16)17(22)19-7-6-13-10-21-8-2-1-3-14(21)20-13;;/h1-3,8,10-12,15-16H,4-7,9,18H2,(H,19,22);2*1H. The van der Waals surface area contributed by atoms with E-state index in [0.717, 1.165) is 24.2 Å². The first-order valence-corrected chi connectivity index (χ1v) is 8.18. The van der Waals surface area contributed by atoms with Gasteiger partial charge in [-0.15, -0.1) is 24.8 Å². The minimum Gasteiger partial charge on any atom is -0.355 e. The summed E-state index contributed by atoms with van der Waals surface area (Å²) in [5.74, 6) is 1.25. The molecule has 132 valence electrons. The molecule has 2 fully saturated rings. The molecule has 2 heterocycles. The van der Waals surface area contributed by atoms with Gasteiger partial charge in [0.15, 0.2) is 0 Å². The second-order valence-electron chi connectivity index (χ2n) is 6.68. The van der Waals surface area contributed by atoms with Crippen LogP contribution in [-0.2, 0) is 11.2 Å². The van der Waals surface area contributed by atoms with E-state index < -0.39 is 0 Å². The number of carbonyl (C=O) groups is 1. The molecule has 7 heteroatoms. The number of fused-ring (bicyclic) bond motifs is 3. The van der Waals surface area contributed by atoms with Gasteiger partial charge < -0.3 is 15.5 Å². The Hall–Kier alpha value is -1.30. The number of nitrogens with one attached hydrogen (secondary N) is 1. The van der Waals surface area contributed by atoms with Crippen LogP contribution in [-0.4, -0.2) is 27.9 Å². The molecule has 0 saturated heterocycles. The average molecular weight is 371 g/mol. The molecule has 0 aliphatic heterocycles. The molecule has 2 aromatic rings. The number of nitrogens with two attached hydrogens (primary N) is 1. The lowest BCUT2D eigenvalue weighted by atomic mass is 9.84. The maximum atomic E-state index is 12.4. The highest BCUT2D eigenvalue weighted by Crippen LogP contribution is 2.47. The van der Waals surface area contributed by atoms with E-state index in [9.17, 15) is 4.79 Å². The normalized spacial score (nSPS) is 27.5. The van der Waals surface area contributed by atoms with Crippen molar-refractivity contribution < 1.29 is 4.79 Å². The second-order valence-corrected chi connectivity index (χ2v) is 6.68. The smallest absolute Gasteiger partial charge is 0.224 e. The molecule has 2 aliphatic rings. The number of nitrogens with zero attached hydrogens (tertiary/aromatic N) is 2. The third-order valence-electron chi connectivity index (χ3n) is 5.38. The fourth-order valence-electron chi connectivity index (χ4n) is 4.26. The number of rotatable bonds is 4. The van der Waals surface area contributed by atoms with Crippen LogP contribution in [0.1, 0.15) is 25.0 Å². The number of imidazole rings is 1. The first-order valence-electron chi connectivity index (χ1n) is 8.18. The van der Waals surface area contributed by atoms with Gasteiger partial charge in [0.05, 0.1) is 11.6 Å². The summed E-state index contributed by atoms with van der Waals surface area (Å²) in [7, 11) is 0. The van der Waals surface area contributed by atoms with Crippen LogP contribution in [0, 0.1) is 17.8 Å². The van der Waals surface area contributed by atoms with Crippen LogP contribution < -0.4 is 11.1 Å². The number of hydrogen-bond donors (Lipinski definition) is 2. The van der Waals surface area contributed by atoms with Crippen LogP contribution in [0.5, 0.6) is 0 Å². The lowest BCUT2D eigenvalue weighted by molar-refractivity contribution is -0.127. The molecule has 0 spiro atoms. The van der Waals surface area contributed by atoms with E-state index in [1.54, 1.807) is 0 Å². The van der Waals surface area contributed by atoms with Gasteiger partial charge in [-0.3, -0.25) is 4.79 Å². The van der Waals surface area contributed by atoms with E-state index in [1.165, 1.54) is 12.8 Å². The Balaban J connectivity index is 0.00000104. The van der Waals surface area contributed by atoms with E-state index in [1.807, 2.05) is 35.0 Å². The van der Waals surface area contributed by atoms with Crippen LogP contribution in [0.15, 0.2) is 30.6 Å². The fourth-order valence-corrected chi connectivity index (χ4v) is 4.26. The lowest BCUT2D eigenvalue weighted by Gasteiger charge is -2.26. The van der Waals surface area contributed by atoms with Crippen molar-refractivity contribution in [2.75, 3.05) is 6.54 Å². The maximum Gasteiger partial charge on any atom is 0.224 e. The van der Waals surface area contributed by atoms with Crippen molar-refractivity contribution >= 4 is 36.4 Å². The molecular formula is C17H24Cl2N4O. The summed E-state index contributed by atoms with van der Waals surface area (Å²) >= 11 is 0. The zero-order valence-corrected chi connectivity index (χ0v) is 15.1. The Morgan fingerprint density at radius 2 is 2.08 bits per heavy atom. The summed E-state index contributed by atoms with van der Waals surface area (Å²) in [6.45, 7) is 0.628. The molecule has 2 saturated carbocycles. The van der Waals surface area contributed by atoms with Crippen LogP contribution in [0.2, 0.25) is 0 Å². The van der Waals surface area contributed by atoms with Crippen LogP contribution in [0.25, 0.3) is 5.65 Å². The predicted octanol–water partition coefficient (Wildman–Crippen LogP) is 2.21. The summed E-state index contributed by atoms with van der Waals surface area (Å²) < 4.78 is 2.00. The van der Waals surface area contributed by atoms with E-state index >= 15 is 0 Å². The van der Waals surface area contributed by atoms with Crippen molar-refractivity contribution in [1.29, 1.82) is 0 Å². The monoisotopic (exact) mass is 370 g/mol. The molecular weight excluding hydrogens is 347 g/mol. The van der Waals surface area contributed by atoms with Crippen molar-refractivity contribution in [1.82, 2.24) is 14.7 Å². The summed E-state index contributed by atoms with van der Waals surface area (Å²) in [5.41, 5.74) is 8.17. The Bertz CT molecular complexity index is 670. The van der Waals surface area contributed by atoms with Gasteiger partial charge >= 0.3 is 0 Å². The quantitative estimate of drug-likeness (QED) is 0.866. The predicted molar refractivity (Wildman–Crippen MR) is 98.7 cm³/mol. The van der Waals surface area contributed by atoms with E-state index in [0.29, 0.717) is 18.4 Å². The molecule has 3 N–H and O–H groups in total. The van der Waals surface area contributed by atoms with Crippen molar-refractivity contribution in [3.63, 3.8) is 0 Å². The molecule has 0 aromatic carbocycles.